The van der Waals surface area contributed by atoms with Crippen LogP contribution >= 0.6 is 0 Å². The molecule has 0 saturated carbocycles. The number of hydrogen-bond donors (Lipinski definition) is 2. The van der Waals surface area contributed by atoms with Crippen molar-refractivity contribution in [3.05, 3.63) is 83.7 Å². The predicted molar refractivity (Wildman–Crippen MR) is 142 cm³/mol. The van der Waals surface area contributed by atoms with Crippen LogP contribution < -0.4 is 10.5 Å². The molecule has 2 aromatic carbocycles. The Morgan fingerprint density at radius 3 is 2.46 bits per heavy atom. The van der Waals surface area contributed by atoms with E-state index in [9.17, 15) is 9.59 Å². The summed E-state index contributed by atoms with van der Waals surface area (Å²) in [4.78, 5) is 33.8. The first-order chi connectivity index (χ1) is 17.9. The van der Waals surface area contributed by atoms with Gasteiger partial charge in [-0.2, -0.15) is 0 Å². The molecule has 0 bridgehead atoms. The lowest BCUT2D eigenvalue weighted by atomic mass is 10.1. The van der Waals surface area contributed by atoms with Gasteiger partial charge in [-0.15, -0.1) is 0 Å². The summed E-state index contributed by atoms with van der Waals surface area (Å²) in [5, 5.41) is 3.35. The number of carbonyl (C=O) groups is 2. The number of rotatable bonds is 7. The summed E-state index contributed by atoms with van der Waals surface area (Å²) >= 11 is 0. The van der Waals surface area contributed by atoms with Crippen LogP contribution in [0.15, 0.2) is 66.7 Å². The molecule has 190 valence electrons. The Morgan fingerprint density at radius 2 is 1.76 bits per heavy atom. The van der Waals surface area contributed by atoms with E-state index in [0.717, 1.165) is 22.7 Å². The van der Waals surface area contributed by atoms with E-state index in [1.54, 1.807) is 6.08 Å². The molecule has 0 fully saturated rings. The number of nitrogens with one attached hydrogen (secondary N) is 1. The summed E-state index contributed by atoms with van der Waals surface area (Å²) in [7, 11) is 3.92. The molecule has 1 aliphatic rings. The zero-order valence-electron chi connectivity index (χ0n) is 21.0. The van der Waals surface area contributed by atoms with E-state index < -0.39 is 5.91 Å². The number of aromatic amines is 1. The van der Waals surface area contributed by atoms with Crippen molar-refractivity contribution in [1.29, 1.82) is 0 Å². The quantitative estimate of drug-likeness (QED) is 0.380. The van der Waals surface area contributed by atoms with E-state index in [0.29, 0.717) is 55.1 Å². The lowest BCUT2D eigenvalue weighted by Crippen LogP contribution is -2.32. The standard InChI is InChI=1S/C28H30N6O3/c1-32(2)16-6-9-24(35)33-17-14-22-23(15-18-33)34-28(30-22)25(27(29)36)26(31-34)19-10-12-21(13-11-19)37-20-7-4-3-5-8-20/h3-13,31H,14-18H2,1-2H3,(H2,29,36)/b9-6+. The molecule has 3 N–H and O–H groups in total. The maximum atomic E-state index is 12.7. The van der Waals surface area contributed by atoms with Gasteiger partial charge in [0.1, 0.15) is 17.1 Å². The first kappa shape index (κ1) is 24.3. The zero-order valence-corrected chi connectivity index (χ0v) is 21.0. The van der Waals surface area contributed by atoms with Crippen LogP contribution in [-0.2, 0) is 17.6 Å². The second-order valence-electron chi connectivity index (χ2n) is 9.32. The number of hydrogen-bond acceptors (Lipinski definition) is 5. The van der Waals surface area contributed by atoms with E-state index in [2.05, 4.69) is 5.10 Å². The van der Waals surface area contributed by atoms with Gasteiger partial charge in [0.25, 0.3) is 5.91 Å². The second-order valence-corrected chi connectivity index (χ2v) is 9.32. The van der Waals surface area contributed by atoms with Crippen LogP contribution in [0.25, 0.3) is 16.9 Å². The number of carbonyl (C=O) groups excluding carboxylic acids is 2. The first-order valence-electron chi connectivity index (χ1n) is 12.3. The minimum absolute atomic E-state index is 0.00365. The fourth-order valence-corrected chi connectivity index (χ4v) is 4.56. The van der Waals surface area contributed by atoms with Gasteiger partial charge in [0.15, 0.2) is 5.65 Å². The third kappa shape index (κ3) is 5.12. The molecule has 1 aliphatic heterocycles. The molecule has 37 heavy (non-hydrogen) atoms. The SMILES string of the molecule is CN(C)C/C=C/C(=O)N1CCc2nc3c(C(N)=O)c(-c4ccc(Oc5ccccc5)cc4)[nH]n3c2CC1. The number of fused-ring (bicyclic) bond motifs is 3. The Bertz CT molecular complexity index is 1450. The molecular formula is C28H30N6O3. The average Bonchev–Trinajstić information content (AvgIpc) is 3.33. The molecule has 0 radical (unpaired) electrons. The van der Waals surface area contributed by atoms with Crippen LogP contribution in [0, 0.1) is 0 Å². The molecule has 9 heteroatoms. The van der Waals surface area contributed by atoms with E-state index >= 15 is 0 Å². The lowest BCUT2D eigenvalue weighted by Gasteiger charge is -2.18. The molecule has 2 amide bonds. The van der Waals surface area contributed by atoms with Crippen LogP contribution in [0.5, 0.6) is 11.5 Å². The summed E-state index contributed by atoms with van der Waals surface area (Å²) < 4.78 is 7.73. The summed E-state index contributed by atoms with van der Waals surface area (Å²) in [6, 6.07) is 17.0. The highest BCUT2D eigenvalue weighted by atomic mass is 16.5. The molecule has 0 saturated heterocycles. The van der Waals surface area contributed by atoms with Crippen LogP contribution in [0.3, 0.4) is 0 Å². The van der Waals surface area contributed by atoms with E-state index in [4.69, 9.17) is 15.5 Å². The number of likely N-dealkylation sites (N-methyl/N-ethyl adjacent to an activating group) is 1. The predicted octanol–water partition coefficient (Wildman–Crippen LogP) is 3.27. The Kier molecular flexibility index (Phi) is 6.78. The maximum Gasteiger partial charge on any atom is 0.254 e. The molecule has 0 spiro atoms. The number of nitrogens with zero attached hydrogens (tertiary/aromatic N) is 4. The molecule has 4 aromatic rings. The van der Waals surface area contributed by atoms with Crippen molar-refractivity contribution in [2.45, 2.75) is 12.8 Å². The van der Waals surface area contributed by atoms with E-state index in [-0.39, 0.29) is 5.91 Å². The van der Waals surface area contributed by atoms with Gasteiger partial charge in [-0.3, -0.25) is 14.7 Å². The topological polar surface area (TPSA) is 109 Å². The highest BCUT2D eigenvalue weighted by Crippen LogP contribution is 2.31. The Morgan fingerprint density at radius 1 is 1.05 bits per heavy atom. The van der Waals surface area contributed by atoms with Gasteiger partial charge < -0.3 is 20.3 Å². The largest absolute Gasteiger partial charge is 0.457 e. The van der Waals surface area contributed by atoms with Crippen molar-refractivity contribution in [2.24, 2.45) is 5.73 Å². The third-order valence-electron chi connectivity index (χ3n) is 6.40. The van der Waals surface area contributed by atoms with Crippen molar-refractivity contribution in [3.63, 3.8) is 0 Å². The van der Waals surface area contributed by atoms with E-state index in [1.165, 1.54) is 0 Å². The van der Waals surface area contributed by atoms with Gasteiger partial charge in [0, 0.05) is 44.1 Å². The average molecular weight is 499 g/mol. The summed E-state index contributed by atoms with van der Waals surface area (Å²) in [6.45, 7) is 1.85. The minimum Gasteiger partial charge on any atom is -0.457 e. The van der Waals surface area contributed by atoms with Gasteiger partial charge in [-0.1, -0.05) is 24.3 Å². The van der Waals surface area contributed by atoms with Crippen molar-refractivity contribution in [3.8, 4) is 22.8 Å². The van der Waals surface area contributed by atoms with Crippen molar-refractivity contribution < 1.29 is 14.3 Å². The molecule has 0 atom stereocenters. The molecule has 0 aliphatic carbocycles. The highest BCUT2D eigenvalue weighted by Gasteiger charge is 2.27. The fraction of sp³-hybridized carbons (Fsp3) is 0.250. The van der Waals surface area contributed by atoms with Gasteiger partial charge in [0.05, 0.1) is 17.1 Å². The molecule has 5 rings (SSSR count). The van der Waals surface area contributed by atoms with Gasteiger partial charge in [-0.25, -0.2) is 9.50 Å². The summed E-state index contributed by atoms with van der Waals surface area (Å²) in [5.74, 6) is 0.880. The highest BCUT2D eigenvalue weighted by molar-refractivity contribution is 6.04. The smallest absolute Gasteiger partial charge is 0.254 e. The summed E-state index contributed by atoms with van der Waals surface area (Å²) in [6.07, 6.45) is 4.73. The van der Waals surface area contributed by atoms with Gasteiger partial charge in [0.2, 0.25) is 5.91 Å². The number of imidazole rings is 1. The normalized spacial score (nSPS) is 13.8. The Labute approximate surface area is 215 Å². The molecule has 2 aromatic heterocycles. The third-order valence-corrected chi connectivity index (χ3v) is 6.40. The van der Waals surface area contributed by atoms with Crippen molar-refractivity contribution >= 4 is 17.5 Å². The molecule has 9 nitrogen and oxygen atoms in total. The Balaban J connectivity index is 1.40. The number of amides is 2. The zero-order chi connectivity index (χ0) is 25.9. The molecule has 0 unspecified atom stereocenters. The number of para-hydroxylation sites is 1. The van der Waals surface area contributed by atoms with Crippen molar-refractivity contribution in [1.82, 2.24) is 24.4 Å². The number of ether oxygens (including phenoxy) is 1. The molecular weight excluding hydrogens is 468 g/mol. The second kappa shape index (κ2) is 10.3. The number of benzene rings is 2. The van der Waals surface area contributed by atoms with Crippen LogP contribution in [0.1, 0.15) is 21.7 Å². The number of H-pyrrole nitrogens is 1. The Hall–Kier alpha value is -4.37. The maximum absolute atomic E-state index is 12.7. The summed E-state index contributed by atoms with van der Waals surface area (Å²) in [5.41, 5.74) is 9.91. The molecule has 3 heterocycles. The van der Waals surface area contributed by atoms with Crippen molar-refractivity contribution in [2.75, 3.05) is 33.7 Å². The van der Waals surface area contributed by atoms with Crippen LogP contribution in [0.4, 0.5) is 0 Å². The fourth-order valence-electron chi connectivity index (χ4n) is 4.56. The van der Waals surface area contributed by atoms with Gasteiger partial charge >= 0.3 is 0 Å². The van der Waals surface area contributed by atoms with Gasteiger partial charge in [-0.05, 0) is 50.5 Å². The lowest BCUT2D eigenvalue weighted by molar-refractivity contribution is -0.125. The minimum atomic E-state index is -0.547. The first-order valence-corrected chi connectivity index (χ1v) is 12.3. The number of nitrogens with two attached hydrogens (primary N) is 1. The van der Waals surface area contributed by atoms with Crippen LogP contribution in [0.2, 0.25) is 0 Å². The monoisotopic (exact) mass is 498 g/mol. The number of aromatic nitrogens is 3. The van der Waals surface area contributed by atoms with Crippen LogP contribution in [-0.4, -0.2) is 69.9 Å². The van der Waals surface area contributed by atoms with E-state index in [1.807, 2.05) is 89.1 Å². The number of primary amides is 1.